The summed E-state index contributed by atoms with van der Waals surface area (Å²) >= 11 is 1.57. The summed E-state index contributed by atoms with van der Waals surface area (Å²) in [6.07, 6.45) is 0. The number of aromatic nitrogens is 2. The molecule has 0 fully saturated rings. The molecule has 0 atom stereocenters. The number of fused-ring (bicyclic) bond motifs is 2. The van der Waals surface area contributed by atoms with Crippen LogP contribution in [-0.2, 0) is 0 Å². The maximum atomic E-state index is 7.79. The summed E-state index contributed by atoms with van der Waals surface area (Å²) in [5.41, 5.74) is 7.21. The Morgan fingerprint density at radius 3 is 2.35 bits per heavy atom. The Morgan fingerprint density at radius 2 is 1.65 bits per heavy atom. The lowest BCUT2D eigenvalue weighted by Crippen LogP contribution is -2.08. The van der Waals surface area contributed by atoms with Crippen LogP contribution in [0.5, 0.6) is 0 Å². The zero-order valence-electron chi connectivity index (χ0n) is 21.3. The third-order valence-corrected chi connectivity index (χ3v) is 6.89. The van der Waals surface area contributed by atoms with Gasteiger partial charge in [0, 0.05) is 25.1 Å². The summed E-state index contributed by atoms with van der Waals surface area (Å²) in [5, 5.41) is 3.14. The van der Waals surface area contributed by atoms with Crippen molar-refractivity contribution in [3.05, 3.63) is 82.7 Å². The van der Waals surface area contributed by atoms with E-state index in [4.69, 9.17) is 9.10 Å². The minimum Gasteiger partial charge on any atom is -0.292 e. The number of para-hydroxylation sites is 3. The number of thiophene rings is 1. The maximum absolute atomic E-state index is 7.79. The fraction of sp³-hybridized carbons (Fsp3) is 0.250. The molecule has 3 heteroatoms. The fourth-order valence-electron chi connectivity index (χ4n) is 4.40. The summed E-state index contributed by atoms with van der Waals surface area (Å²) in [6.45, 7) is 6.82. The van der Waals surface area contributed by atoms with E-state index in [1.54, 1.807) is 23.5 Å². The van der Waals surface area contributed by atoms with E-state index in [1.807, 2.05) is 12.1 Å². The second-order valence-electron chi connectivity index (χ2n) is 8.71. The number of imidazole rings is 1. The lowest BCUT2D eigenvalue weighted by atomic mass is 9.92. The lowest BCUT2D eigenvalue weighted by Gasteiger charge is -2.22. The average Bonchev–Trinajstić information content (AvgIpc) is 3.38. The summed E-state index contributed by atoms with van der Waals surface area (Å²) in [6, 6.07) is 20.3. The van der Waals surface area contributed by atoms with E-state index < -0.39 is 6.85 Å². The molecule has 5 rings (SSSR count). The molecule has 5 aromatic rings. The van der Waals surface area contributed by atoms with Crippen molar-refractivity contribution in [3.8, 4) is 17.1 Å². The van der Waals surface area contributed by atoms with Gasteiger partial charge in [0.1, 0.15) is 5.82 Å². The number of aryl methyl sites for hydroxylation is 1. The van der Waals surface area contributed by atoms with Gasteiger partial charge in [-0.25, -0.2) is 4.98 Å². The Balaban J connectivity index is 1.86. The molecule has 2 aromatic heterocycles. The third-order valence-electron chi connectivity index (χ3n) is 5.94. The van der Waals surface area contributed by atoms with Crippen LogP contribution in [0.25, 0.3) is 38.2 Å². The van der Waals surface area contributed by atoms with Gasteiger partial charge in [0.05, 0.1) is 16.7 Å². The summed E-state index contributed by atoms with van der Waals surface area (Å²) < 4.78 is 26.6. The molecule has 31 heavy (non-hydrogen) atoms. The zero-order chi connectivity index (χ0) is 24.2. The van der Waals surface area contributed by atoms with E-state index >= 15 is 0 Å². The molecule has 0 saturated heterocycles. The van der Waals surface area contributed by atoms with Gasteiger partial charge in [-0.05, 0) is 53.6 Å². The van der Waals surface area contributed by atoms with Crippen LogP contribution in [0, 0.1) is 6.85 Å². The molecule has 156 valence electrons. The van der Waals surface area contributed by atoms with E-state index in [-0.39, 0.29) is 0 Å². The van der Waals surface area contributed by atoms with E-state index in [1.165, 1.54) is 16.8 Å². The Hall–Kier alpha value is -2.91. The largest absolute Gasteiger partial charge is 0.292 e. The summed E-state index contributed by atoms with van der Waals surface area (Å²) in [7, 11) is 0. The van der Waals surface area contributed by atoms with Crippen LogP contribution in [0.15, 0.2) is 66.0 Å². The molecule has 0 aliphatic carbocycles. The van der Waals surface area contributed by atoms with Crippen LogP contribution in [0.2, 0.25) is 0 Å². The van der Waals surface area contributed by atoms with Gasteiger partial charge in [-0.15, -0.1) is 11.3 Å². The zero-order valence-corrected chi connectivity index (χ0v) is 19.1. The van der Waals surface area contributed by atoms with Gasteiger partial charge in [0.25, 0.3) is 0 Å². The monoisotopic (exact) mass is 427 g/mol. The van der Waals surface area contributed by atoms with Crippen molar-refractivity contribution in [2.75, 3.05) is 0 Å². The Labute approximate surface area is 192 Å². The molecule has 0 amide bonds. The van der Waals surface area contributed by atoms with E-state index in [2.05, 4.69) is 74.0 Å². The topological polar surface area (TPSA) is 17.8 Å². The molecule has 0 spiro atoms. The molecule has 0 aliphatic heterocycles. The predicted molar refractivity (Wildman–Crippen MR) is 135 cm³/mol. The van der Waals surface area contributed by atoms with E-state index in [9.17, 15) is 0 Å². The molecule has 3 aromatic carbocycles. The van der Waals surface area contributed by atoms with Crippen molar-refractivity contribution in [2.45, 2.75) is 46.4 Å². The van der Waals surface area contributed by atoms with Gasteiger partial charge in [0.2, 0.25) is 0 Å². The number of hydrogen-bond donors (Lipinski definition) is 0. The Morgan fingerprint density at radius 1 is 0.903 bits per heavy atom. The first-order valence-corrected chi connectivity index (χ1v) is 11.7. The molecule has 0 aliphatic rings. The van der Waals surface area contributed by atoms with Crippen LogP contribution in [0.1, 0.15) is 60.3 Å². The fourth-order valence-corrected chi connectivity index (χ4v) is 5.38. The van der Waals surface area contributed by atoms with Crippen molar-refractivity contribution < 1.29 is 4.11 Å². The predicted octanol–water partition coefficient (Wildman–Crippen LogP) is 8.46. The standard InChI is InChI=1S/C28H28N2S/c1-17(2)20-9-8-10-21(18(3)4)27(20)30-25-12-7-6-11-24(25)29-28(30)23-16-31-26-15-19(5)13-14-22(23)26/h6-18H,1-5H3/i5D3. The van der Waals surface area contributed by atoms with E-state index in [0.717, 1.165) is 32.5 Å². The smallest absolute Gasteiger partial charge is 0.147 e. The second-order valence-corrected chi connectivity index (χ2v) is 9.63. The first-order valence-electron chi connectivity index (χ1n) is 12.3. The highest BCUT2D eigenvalue weighted by molar-refractivity contribution is 7.17. The van der Waals surface area contributed by atoms with Crippen LogP contribution in [0.3, 0.4) is 0 Å². The first kappa shape index (κ1) is 16.7. The van der Waals surface area contributed by atoms with Crippen LogP contribution >= 0.6 is 11.3 Å². The van der Waals surface area contributed by atoms with Gasteiger partial charge in [0.15, 0.2) is 0 Å². The van der Waals surface area contributed by atoms with Crippen molar-refractivity contribution in [1.29, 1.82) is 0 Å². The average molecular weight is 428 g/mol. The van der Waals surface area contributed by atoms with Gasteiger partial charge in [-0.2, -0.15) is 0 Å². The van der Waals surface area contributed by atoms with Gasteiger partial charge < -0.3 is 0 Å². The Kier molecular flexibility index (Phi) is 4.13. The summed E-state index contributed by atoms with van der Waals surface area (Å²) in [5.74, 6) is 1.59. The lowest BCUT2D eigenvalue weighted by molar-refractivity contribution is 0.811. The normalized spacial score (nSPS) is 13.8. The molecule has 0 N–H and O–H groups in total. The van der Waals surface area contributed by atoms with Crippen LogP contribution in [-0.4, -0.2) is 9.55 Å². The van der Waals surface area contributed by atoms with Crippen molar-refractivity contribution in [2.24, 2.45) is 0 Å². The number of hydrogen-bond acceptors (Lipinski definition) is 2. The van der Waals surface area contributed by atoms with Crippen molar-refractivity contribution >= 4 is 32.5 Å². The molecular formula is C28H28N2S. The van der Waals surface area contributed by atoms with Crippen LogP contribution < -0.4 is 0 Å². The quantitative estimate of drug-likeness (QED) is 0.281. The third kappa shape index (κ3) is 3.28. The highest BCUT2D eigenvalue weighted by Gasteiger charge is 2.23. The van der Waals surface area contributed by atoms with Gasteiger partial charge in [-0.1, -0.05) is 70.2 Å². The number of nitrogens with zero attached hydrogens (tertiary/aromatic N) is 2. The van der Waals surface area contributed by atoms with E-state index in [0.29, 0.717) is 17.4 Å². The van der Waals surface area contributed by atoms with Gasteiger partial charge in [-0.3, -0.25) is 4.57 Å². The molecule has 0 saturated carbocycles. The maximum Gasteiger partial charge on any atom is 0.147 e. The second kappa shape index (κ2) is 7.65. The van der Waals surface area contributed by atoms with Crippen LogP contribution in [0.4, 0.5) is 0 Å². The SMILES string of the molecule is [2H]C([2H])([2H])c1ccc2c(-c3nc4ccccc4n3-c3c(C(C)C)cccc3C(C)C)csc2c1. The minimum absolute atomic E-state index is 0.351. The minimum atomic E-state index is -2.12. The molecule has 2 heterocycles. The first-order chi connectivity index (χ1) is 16.2. The van der Waals surface area contributed by atoms with Crippen molar-refractivity contribution in [3.63, 3.8) is 0 Å². The summed E-state index contributed by atoms with van der Waals surface area (Å²) in [4.78, 5) is 5.11. The number of benzene rings is 3. The number of rotatable bonds is 4. The molecule has 0 bridgehead atoms. The molecule has 0 radical (unpaired) electrons. The van der Waals surface area contributed by atoms with Gasteiger partial charge >= 0.3 is 0 Å². The van der Waals surface area contributed by atoms with Crippen molar-refractivity contribution in [1.82, 2.24) is 9.55 Å². The Bertz CT molecular complexity index is 1480. The molecular weight excluding hydrogens is 396 g/mol. The highest BCUT2D eigenvalue weighted by Crippen LogP contribution is 2.40. The highest BCUT2D eigenvalue weighted by atomic mass is 32.1. The molecule has 2 nitrogen and oxygen atoms in total. The molecule has 0 unspecified atom stereocenters.